The number of hydrogen-bond acceptors (Lipinski definition) is 3. The molecule has 1 amide bonds. The number of nitrogens with one attached hydrogen (secondary N) is 1. The zero-order valence-electron chi connectivity index (χ0n) is 13.0. The van der Waals surface area contributed by atoms with Crippen LogP contribution >= 0.6 is 0 Å². The van der Waals surface area contributed by atoms with Crippen molar-refractivity contribution in [2.45, 2.75) is 26.5 Å². The number of benzene rings is 2. The van der Waals surface area contributed by atoms with Crippen LogP contribution in [0.25, 0.3) is 0 Å². The molecule has 0 fully saturated rings. The Morgan fingerprint density at radius 2 is 1.91 bits per heavy atom. The maximum Gasteiger partial charge on any atom is 0.328 e. The second kappa shape index (κ2) is 7.54. The normalized spacial score (nSPS) is 11.6. The average Bonchev–Trinajstić information content (AvgIpc) is 2.53. The molecule has 5 heteroatoms. The molecule has 120 valence electrons. The summed E-state index contributed by atoms with van der Waals surface area (Å²) in [7, 11) is 0. The van der Waals surface area contributed by atoms with Crippen LogP contribution in [0.4, 0.5) is 4.39 Å². The van der Waals surface area contributed by atoms with Gasteiger partial charge >= 0.3 is 5.97 Å². The van der Waals surface area contributed by atoms with Crippen LogP contribution in [0.1, 0.15) is 28.4 Å². The highest BCUT2D eigenvalue weighted by Crippen LogP contribution is 2.09. The van der Waals surface area contributed by atoms with Crippen LogP contribution < -0.4 is 5.32 Å². The van der Waals surface area contributed by atoms with E-state index in [0.717, 1.165) is 5.56 Å². The van der Waals surface area contributed by atoms with E-state index in [1.165, 1.54) is 13.0 Å². The fourth-order valence-corrected chi connectivity index (χ4v) is 2.01. The Morgan fingerprint density at radius 3 is 2.61 bits per heavy atom. The number of carbonyl (C=O) groups is 2. The first-order chi connectivity index (χ1) is 11.0. The van der Waals surface area contributed by atoms with E-state index in [1.807, 2.05) is 13.0 Å². The molecule has 0 saturated heterocycles. The molecule has 2 rings (SSSR count). The van der Waals surface area contributed by atoms with Crippen LogP contribution in [-0.4, -0.2) is 17.9 Å². The maximum absolute atomic E-state index is 13.4. The van der Waals surface area contributed by atoms with Gasteiger partial charge in [-0.05, 0) is 32.0 Å². The molecular formula is C18H18FNO3. The maximum atomic E-state index is 13.4. The number of esters is 1. The lowest BCUT2D eigenvalue weighted by Crippen LogP contribution is -2.39. The SMILES string of the molecule is Cc1cccc(C(=O)N[C@@H](C)C(=O)OCc2ccccc2F)c1. The first kappa shape index (κ1) is 16.7. The van der Waals surface area contributed by atoms with Gasteiger partial charge in [0, 0.05) is 11.1 Å². The third kappa shape index (κ3) is 4.64. The van der Waals surface area contributed by atoms with Gasteiger partial charge in [-0.15, -0.1) is 0 Å². The molecule has 0 spiro atoms. The van der Waals surface area contributed by atoms with Crippen molar-refractivity contribution in [1.82, 2.24) is 5.32 Å². The van der Waals surface area contributed by atoms with Gasteiger partial charge in [-0.2, -0.15) is 0 Å². The molecule has 0 heterocycles. The lowest BCUT2D eigenvalue weighted by Gasteiger charge is -2.14. The van der Waals surface area contributed by atoms with Crippen molar-refractivity contribution < 1.29 is 18.7 Å². The van der Waals surface area contributed by atoms with Gasteiger partial charge in [0.2, 0.25) is 0 Å². The van der Waals surface area contributed by atoms with E-state index in [2.05, 4.69) is 5.32 Å². The Bertz CT molecular complexity index is 715. The quantitative estimate of drug-likeness (QED) is 0.863. The molecule has 0 aliphatic carbocycles. The van der Waals surface area contributed by atoms with Crippen LogP contribution in [0.2, 0.25) is 0 Å². The highest BCUT2D eigenvalue weighted by molar-refractivity contribution is 5.96. The highest BCUT2D eigenvalue weighted by Gasteiger charge is 2.18. The number of rotatable bonds is 5. The summed E-state index contributed by atoms with van der Waals surface area (Å²) < 4.78 is 18.5. The topological polar surface area (TPSA) is 55.4 Å². The predicted octanol–water partition coefficient (Wildman–Crippen LogP) is 3.00. The van der Waals surface area contributed by atoms with E-state index < -0.39 is 17.8 Å². The number of hydrogen-bond donors (Lipinski definition) is 1. The molecule has 0 radical (unpaired) electrons. The third-order valence-electron chi connectivity index (χ3n) is 3.31. The van der Waals surface area contributed by atoms with Crippen molar-refractivity contribution in [3.05, 3.63) is 71.0 Å². The zero-order valence-corrected chi connectivity index (χ0v) is 13.0. The second-order valence-electron chi connectivity index (χ2n) is 5.26. The van der Waals surface area contributed by atoms with Crippen molar-refractivity contribution >= 4 is 11.9 Å². The predicted molar refractivity (Wildman–Crippen MR) is 84.3 cm³/mol. The van der Waals surface area contributed by atoms with Gasteiger partial charge in [0.1, 0.15) is 18.5 Å². The first-order valence-corrected chi connectivity index (χ1v) is 7.25. The molecular weight excluding hydrogens is 297 g/mol. The fraction of sp³-hybridized carbons (Fsp3) is 0.222. The summed E-state index contributed by atoms with van der Waals surface area (Å²) in [5.74, 6) is -1.41. The van der Waals surface area contributed by atoms with Crippen molar-refractivity contribution in [2.75, 3.05) is 0 Å². The monoisotopic (exact) mass is 315 g/mol. The summed E-state index contributed by atoms with van der Waals surface area (Å²) >= 11 is 0. The summed E-state index contributed by atoms with van der Waals surface area (Å²) in [5.41, 5.74) is 1.71. The Kier molecular flexibility index (Phi) is 5.46. The van der Waals surface area contributed by atoms with Crippen LogP contribution in [0.5, 0.6) is 0 Å². The van der Waals surface area contributed by atoms with Gasteiger partial charge in [0.15, 0.2) is 0 Å². The molecule has 4 nitrogen and oxygen atoms in total. The zero-order chi connectivity index (χ0) is 16.8. The van der Waals surface area contributed by atoms with E-state index in [1.54, 1.807) is 36.4 Å². The molecule has 23 heavy (non-hydrogen) atoms. The van der Waals surface area contributed by atoms with E-state index >= 15 is 0 Å². The molecule has 2 aromatic rings. The van der Waals surface area contributed by atoms with Gasteiger partial charge < -0.3 is 10.1 Å². The molecule has 0 aliphatic rings. The second-order valence-corrected chi connectivity index (χ2v) is 5.26. The molecule has 0 aromatic heterocycles. The number of carbonyl (C=O) groups excluding carboxylic acids is 2. The summed E-state index contributed by atoms with van der Waals surface area (Å²) in [4.78, 5) is 24.0. The minimum absolute atomic E-state index is 0.170. The Morgan fingerprint density at radius 1 is 1.17 bits per heavy atom. The lowest BCUT2D eigenvalue weighted by molar-refractivity contribution is -0.146. The fourth-order valence-electron chi connectivity index (χ4n) is 2.01. The van der Waals surface area contributed by atoms with Gasteiger partial charge in [-0.1, -0.05) is 35.9 Å². The third-order valence-corrected chi connectivity index (χ3v) is 3.31. The summed E-state index contributed by atoms with van der Waals surface area (Å²) in [6.07, 6.45) is 0. The molecule has 1 atom stereocenters. The highest BCUT2D eigenvalue weighted by atomic mass is 19.1. The van der Waals surface area contributed by atoms with Crippen molar-refractivity contribution in [1.29, 1.82) is 0 Å². The van der Waals surface area contributed by atoms with Crippen molar-refractivity contribution in [3.63, 3.8) is 0 Å². The van der Waals surface area contributed by atoms with E-state index in [4.69, 9.17) is 4.74 Å². The Labute approximate surface area is 134 Å². The molecule has 1 N–H and O–H groups in total. The summed E-state index contributed by atoms with van der Waals surface area (Å²) in [6, 6.07) is 12.3. The minimum Gasteiger partial charge on any atom is -0.459 e. The van der Waals surface area contributed by atoms with Gasteiger partial charge in [0.25, 0.3) is 5.91 Å². The molecule has 2 aromatic carbocycles. The lowest BCUT2D eigenvalue weighted by atomic mass is 10.1. The van der Waals surface area contributed by atoms with Crippen molar-refractivity contribution in [2.24, 2.45) is 0 Å². The number of halogens is 1. The minimum atomic E-state index is -0.824. The van der Waals surface area contributed by atoms with E-state index in [-0.39, 0.29) is 18.1 Å². The summed E-state index contributed by atoms with van der Waals surface area (Å²) in [5, 5.41) is 2.57. The smallest absolute Gasteiger partial charge is 0.328 e. The summed E-state index contributed by atoms with van der Waals surface area (Å²) in [6.45, 7) is 3.23. The van der Waals surface area contributed by atoms with Gasteiger partial charge in [-0.25, -0.2) is 9.18 Å². The van der Waals surface area contributed by atoms with E-state index in [9.17, 15) is 14.0 Å². The first-order valence-electron chi connectivity index (χ1n) is 7.25. The van der Waals surface area contributed by atoms with Crippen LogP contribution in [0, 0.1) is 12.7 Å². The van der Waals surface area contributed by atoms with Crippen LogP contribution in [0.3, 0.4) is 0 Å². The van der Waals surface area contributed by atoms with E-state index in [0.29, 0.717) is 5.56 Å². The average molecular weight is 315 g/mol. The molecule has 0 unspecified atom stereocenters. The van der Waals surface area contributed by atoms with Gasteiger partial charge in [0.05, 0.1) is 0 Å². The van der Waals surface area contributed by atoms with Crippen molar-refractivity contribution in [3.8, 4) is 0 Å². The molecule has 0 saturated carbocycles. The van der Waals surface area contributed by atoms with Crippen LogP contribution in [-0.2, 0) is 16.1 Å². The largest absolute Gasteiger partial charge is 0.459 e. The number of ether oxygens (including phenoxy) is 1. The molecule has 0 bridgehead atoms. The van der Waals surface area contributed by atoms with Gasteiger partial charge in [-0.3, -0.25) is 4.79 Å². The standard InChI is InChI=1S/C18H18FNO3/c1-12-6-5-8-14(10-12)17(21)20-13(2)18(22)23-11-15-7-3-4-9-16(15)19/h3-10,13H,11H2,1-2H3,(H,20,21)/t13-/m0/s1. The molecule has 0 aliphatic heterocycles. The Hall–Kier alpha value is -2.69. The number of amides is 1. The number of aryl methyl sites for hydroxylation is 1. The van der Waals surface area contributed by atoms with Crippen LogP contribution in [0.15, 0.2) is 48.5 Å². The Balaban J connectivity index is 1.90.